The van der Waals surface area contributed by atoms with Gasteiger partial charge >= 0.3 is 5.97 Å². The minimum absolute atomic E-state index is 0.201. The summed E-state index contributed by atoms with van der Waals surface area (Å²) in [5, 5.41) is 12.4. The van der Waals surface area contributed by atoms with Crippen LogP contribution in [0.5, 0.6) is 5.75 Å². The van der Waals surface area contributed by atoms with Gasteiger partial charge in [0.2, 0.25) is 0 Å². The molecule has 30 heavy (non-hydrogen) atoms. The van der Waals surface area contributed by atoms with Crippen molar-refractivity contribution in [3.63, 3.8) is 0 Å². The molecule has 1 fully saturated rings. The van der Waals surface area contributed by atoms with Crippen molar-refractivity contribution in [3.8, 4) is 5.75 Å². The van der Waals surface area contributed by atoms with Gasteiger partial charge in [-0.15, -0.1) is 0 Å². The summed E-state index contributed by atoms with van der Waals surface area (Å²) in [5.41, 5.74) is 1.38. The van der Waals surface area contributed by atoms with Crippen LogP contribution in [0.15, 0.2) is 42.5 Å². The Hall–Kier alpha value is -2.57. The number of hydrogen-bond acceptors (Lipinski definition) is 4. The van der Waals surface area contributed by atoms with Gasteiger partial charge in [-0.1, -0.05) is 23.7 Å². The first kappa shape index (κ1) is 22.1. The van der Waals surface area contributed by atoms with E-state index in [0.717, 1.165) is 38.0 Å². The summed E-state index contributed by atoms with van der Waals surface area (Å²) in [6.07, 6.45) is 2.99. The summed E-state index contributed by atoms with van der Waals surface area (Å²) in [6.45, 7) is 3.96. The highest BCUT2D eigenvalue weighted by molar-refractivity contribution is 6.31. The average Bonchev–Trinajstić information content (AvgIpc) is 2.75. The average molecular weight is 432 g/mol. The van der Waals surface area contributed by atoms with E-state index in [9.17, 15) is 9.59 Å². The first-order chi connectivity index (χ1) is 14.4. The predicted molar refractivity (Wildman–Crippen MR) is 114 cm³/mol. The smallest absolute Gasteiger partial charge is 0.335 e. The Kier molecular flexibility index (Phi) is 7.71. The molecule has 1 aliphatic rings. The van der Waals surface area contributed by atoms with Gasteiger partial charge in [0, 0.05) is 18.2 Å². The number of amides is 1. The van der Waals surface area contributed by atoms with E-state index in [0.29, 0.717) is 28.9 Å². The summed E-state index contributed by atoms with van der Waals surface area (Å²) in [7, 11) is 0. The molecule has 3 rings (SSSR count). The van der Waals surface area contributed by atoms with Crippen LogP contribution in [0.2, 0.25) is 5.02 Å². The molecular formula is C23H26ClNO5. The zero-order valence-corrected chi connectivity index (χ0v) is 17.7. The topological polar surface area (TPSA) is 84.9 Å². The number of hydrogen-bond donors (Lipinski definition) is 2. The number of benzene rings is 2. The first-order valence-electron chi connectivity index (χ1n) is 10.1. The third-order valence-electron chi connectivity index (χ3n) is 5.32. The van der Waals surface area contributed by atoms with Gasteiger partial charge in [0.25, 0.3) is 5.91 Å². The zero-order valence-electron chi connectivity index (χ0n) is 16.9. The number of carbonyl (C=O) groups is 2. The summed E-state index contributed by atoms with van der Waals surface area (Å²) in [4.78, 5) is 23.9. The monoisotopic (exact) mass is 431 g/mol. The summed E-state index contributed by atoms with van der Waals surface area (Å²) in [5.74, 6) is -0.206. The van der Waals surface area contributed by atoms with Crippen LogP contribution < -0.4 is 10.1 Å². The molecule has 2 aromatic carbocycles. The molecule has 1 aliphatic heterocycles. The van der Waals surface area contributed by atoms with Gasteiger partial charge in [-0.25, -0.2) is 4.79 Å². The van der Waals surface area contributed by atoms with E-state index in [1.807, 2.05) is 6.92 Å². The second-order valence-corrected chi connectivity index (χ2v) is 7.89. The Morgan fingerprint density at radius 3 is 2.57 bits per heavy atom. The molecule has 0 radical (unpaired) electrons. The number of nitrogens with one attached hydrogen (secondary N) is 1. The lowest BCUT2D eigenvalue weighted by Gasteiger charge is -2.22. The summed E-state index contributed by atoms with van der Waals surface area (Å²) in [6, 6.07) is 11.1. The van der Waals surface area contributed by atoms with Gasteiger partial charge in [0.1, 0.15) is 5.75 Å². The number of ether oxygens (including phenoxy) is 2. The molecule has 1 atom stereocenters. The fraction of sp³-hybridized carbons (Fsp3) is 0.391. The highest BCUT2D eigenvalue weighted by Crippen LogP contribution is 2.26. The van der Waals surface area contributed by atoms with Crippen LogP contribution in [0.4, 0.5) is 0 Å². The molecule has 6 nitrogen and oxygen atoms in total. The molecule has 7 heteroatoms. The molecule has 2 aromatic rings. The molecular weight excluding hydrogens is 406 g/mol. The lowest BCUT2D eigenvalue weighted by molar-refractivity contribution is 0.0592. The minimum atomic E-state index is -0.986. The van der Waals surface area contributed by atoms with Crippen LogP contribution in [-0.2, 0) is 4.74 Å². The minimum Gasteiger partial charge on any atom is -0.493 e. The van der Waals surface area contributed by atoms with E-state index < -0.39 is 5.97 Å². The van der Waals surface area contributed by atoms with Crippen LogP contribution >= 0.6 is 11.6 Å². The lowest BCUT2D eigenvalue weighted by atomic mass is 9.97. The molecule has 1 heterocycles. The van der Waals surface area contributed by atoms with E-state index in [-0.39, 0.29) is 17.5 Å². The van der Waals surface area contributed by atoms with Crippen LogP contribution in [0.25, 0.3) is 0 Å². The van der Waals surface area contributed by atoms with Crippen molar-refractivity contribution in [2.24, 2.45) is 5.92 Å². The van der Waals surface area contributed by atoms with Gasteiger partial charge in [-0.3, -0.25) is 4.79 Å². The highest BCUT2D eigenvalue weighted by atomic mass is 35.5. The number of halogens is 1. The van der Waals surface area contributed by atoms with E-state index in [4.69, 9.17) is 26.2 Å². The number of carboxylic acid groups (broad SMARTS) is 1. The lowest BCUT2D eigenvalue weighted by Crippen LogP contribution is -2.27. The number of rotatable bonds is 8. The Labute approximate surface area is 181 Å². The Bertz CT molecular complexity index is 878. The Balaban J connectivity index is 1.63. The van der Waals surface area contributed by atoms with Crippen molar-refractivity contribution in [3.05, 3.63) is 64.2 Å². The van der Waals surface area contributed by atoms with Crippen molar-refractivity contribution in [1.29, 1.82) is 0 Å². The van der Waals surface area contributed by atoms with E-state index >= 15 is 0 Å². The maximum atomic E-state index is 12.9. The maximum Gasteiger partial charge on any atom is 0.335 e. The normalized spacial score (nSPS) is 15.4. The van der Waals surface area contributed by atoms with Gasteiger partial charge in [0.15, 0.2) is 0 Å². The van der Waals surface area contributed by atoms with Gasteiger partial charge in [0.05, 0.1) is 23.8 Å². The molecule has 2 N–H and O–H groups in total. The standard InChI is InChI=1S/C23H26ClNO5/c1-15(17-2-4-18(5-3-17)23(27)28)25-22(26)20-14-19(24)6-7-21(20)30-13-10-16-8-11-29-12-9-16/h2-7,14-16H,8-13H2,1H3,(H,25,26)(H,27,28)/t15-/m0/s1. The van der Waals surface area contributed by atoms with Crippen molar-refractivity contribution in [2.45, 2.75) is 32.2 Å². The highest BCUT2D eigenvalue weighted by Gasteiger charge is 2.18. The zero-order chi connectivity index (χ0) is 21.5. The van der Waals surface area contributed by atoms with Crippen LogP contribution in [0.1, 0.15) is 58.5 Å². The van der Waals surface area contributed by atoms with Crippen molar-refractivity contribution >= 4 is 23.5 Å². The van der Waals surface area contributed by atoms with Crippen LogP contribution in [0, 0.1) is 5.92 Å². The number of aromatic carboxylic acids is 1. The third-order valence-corrected chi connectivity index (χ3v) is 5.55. The SMILES string of the molecule is C[C@H](NC(=O)c1cc(Cl)ccc1OCCC1CCOCC1)c1ccc(C(=O)O)cc1. The molecule has 0 spiro atoms. The molecule has 0 unspecified atom stereocenters. The quantitative estimate of drug-likeness (QED) is 0.631. The van der Waals surface area contributed by atoms with Crippen molar-refractivity contribution in [1.82, 2.24) is 5.32 Å². The van der Waals surface area contributed by atoms with Crippen LogP contribution in [-0.4, -0.2) is 36.8 Å². The first-order valence-corrected chi connectivity index (χ1v) is 10.5. The molecule has 1 saturated heterocycles. The number of carbonyl (C=O) groups excluding carboxylic acids is 1. The van der Waals surface area contributed by atoms with Gasteiger partial charge < -0.3 is 19.9 Å². The Morgan fingerprint density at radius 2 is 1.90 bits per heavy atom. The van der Waals surface area contributed by atoms with Crippen molar-refractivity contribution in [2.75, 3.05) is 19.8 Å². The molecule has 0 aromatic heterocycles. The van der Waals surface area contributed by atoms with Crippen molar-refractivity contribution < 1.29 is 24.2 Å². The second-order valence-electron chi connectivity index (χ2n) is 7.46. The fourth-order valence-electron chi connectivity index (χ4n) is 3.45. The van der Waals surface area contributed by atoms with Gasteiger partial charge in [-0.2, -0.15) is 0 Å². The largest absolute Gasteiger partial charge is 0.493 e. The van der Waals surface area contributed by atoms with E-state index in [1.165, 1.54) is 12.1 Å². The molecule has 0 aliphatic carbocycles. The number of carboxylic acids is 1. The van der Waals surface area contributed by atoms with E-state index in [2.05, 4.69) is 5.32 Å². The molecule has 0 bridgehead atoms. The van der Waals surface area contributed by atoms with Crippen LogP contribution in [0.3, 0.4) is 0 Å². The Morgan fingerprint density at radius 1 is 1.20 bits per heavy atom. The molecule has 1 amide bonds. The molecule has 0 saturated carbocycles. The maximum absolute atomic E-state index is 12.9. The fourth-order valence-corrected chi connectivity index (χ4v) is 3.62. The summed E-state index contributed by atoms with van der Waals surface area (Å²) < 4.78 is 11.3. The third kappa shape index (κ3) is 5.97. The summed E-state index contributed by atoms with van der Waals surface area (Å²) >= 11 is 6.11. The second kappa shape index (κ2) is 10.5. The van der Waals surface area contributed by atoms with Gasteiger partial charge in [-0.05, 0) is 68.0 Å². The predicted octanol–water partition coefficient (Wildman–Crippen LogP) is 4.72. The van der Waals surface area contributed by atoms with E-state index in [1.54, 1.807) is 30.3 Å². The molecule has 160 valence electrons.